The van der Waals surface area contributed by atoms with E-state index in [9.17, 15) is 0 Å². The zero-order valence-electron chi connectivity index (χ0n) is 11.6. The third-order valence-corrected chi connectivity index (χ3v) is 2.79. The molecule has 0 fully saturated rings. The van der Waals surface area contributed by atoms with Crippen LogP contribution in [0.25, 0.3) is 5.57 Å². The molecule has 2 heteroatoms. The van der Waals surface area contributed by atoms with Crippen molar-refractivity contribution in [2.45, 2.75) is 33.1 Å². The lowest BCUT2D eigenvalue weighted by Gasteiger charge is -2.13. The van der Waals surface area contributed by atoms with E-state index in [4.69, 9.17) is 9.47 Å². The fourth-order valence-corrected chi connectivity index (χ4v) is 1.76. The van der Waals surface area contributed by atoms with Gasteiger partial charge in [0.25, 0.3) is 0 Å². The Morgan fingerprint density at radius 2 is 1.94 bits per heavy atom. The van der Waals surface area contributed by atoms with Crippen LogP contribution >= 0.6 is 0 Å². The lowest BCUT2D eigenvalue weighted by atomic mass is 10.0. The standard InChI is InChI=1S/C16H24O2/c1-4-6-9-14(3)15-10-7-8-11-16(15)18-13-12-17-5-2/h7-8,10-11H,3-6,9,12-13H2,1-2H3. The molecule has 2 nitrogen and oxygen atoms in total. The van der Waals surface area contributed by atoms with Crippen LogP contribution in [-0.4, -0.2) is 19.8 Å². The van der Waals surface area contributed by atoms with Crippen molar-refractivity contribution in [3.63, 3.8) is 0 Å². The molecular weight excluding hydrogens is 224 g/mol. The van der Waals surface area contributed by atoms with E-state index < -0.39 is 0 Å². The molecule has 0 atom stereocenters. The van der Waals surface area contributed by atoms with Gasteiger partial charge in [-0.2, -0.15) is 0 Å². The molecule has 0 spiro atoms. The van der Waals surface area contributed by atoms with Crippen LogP contribution in [0, 0.1) is 0 Å². The highest BCUT2D eigenvalue weighted by Gasteiger charge is 2.06. The van der Waals surface area contributed by atoms with Crippen molar-refractivity contribution in [2.24, 2.45) is 0 Å². The van der Waals surface area contributed by atoms with Crippen molar-refractivity contribution < 1.29 is 9.47 Å². The summed E-state index contributed by atoms with van der Waals surface area (Å²) in [6.45, 7) is 10.3. The minimum atomic E-state index is 0.589. The van der Waals surface area contributed by atoms with Gasteiger partial charge in [-0.3, -0.25) is 0 Å². The highest BCUT2D eigenvalue weighted by molar-refractivity contribution is 5.68. The van der Waals surface area contributed by atoms with Crippen molar-refractivity contribution in [1.29, 1.82) is 0 Å². The van der Waals surface area contributed by atoms with Gasteiger partial charge in [-0.15, -0.1) is 0 Å². The molecule has 0 bridgehead atoms. The van der Waals surface area contributed by atoms with Crippen molar-refractivity contribution in [3.05, 3.63) is 36.4 Å². The summed E-state index contributed by atoms with van der Waals surface area (Å²) in [6, 6.07) is 8.10. The van der Waals surface area contributed by atoms with Gasteiger partial charge in [0.2, 0.25) is 0 Å². The molecule has 0 saturated heterocycles. The molecule has 1 aromatic carbocycles. The molecule has 0 aliphatic rings. The van der Waals surface area contributed by atoms with Crippen LogP contribution in [0.1, 0.15) is 38.7 Å². The predicted molar refractivity (Wildman–Crippen MR) is 77.0 cm³/mol. The Morgan fingerprint density at radius 3 is 2.67 bits per heavy atom. The molecule has 100 valence electrons. The minimum Gasteiger partial charge on any atom is -0.491 e. The first kappa shape index (κ1) is 14.8. The average molecular weight is 248 g/mol. The van der Waals surface area contributed by atoms with Crippen molar-refractivity contribution in [2.75, 3.05) is 19.8 Å². The third kappa shape index (κ3) is 4.92. The highest BCUT2D eigenvalue weighted by atomic mass is 16.5. The summed E-state index contributed by atoms with van der Waals surface area (Å²) < 4.78 is 11.0. The van der Waals surface area contributed by atoms with Gasteiger partial charge in [0, 0.05) is 12.2 Å². The maximum absolute atomic E-state index is 5.75. The number of benzene rings is 1. The Labute approximate surface area is 111 Å². The smallest absolute Gasteiger partial charge is 0.126 e. The molecule has 0 unspecified atom stereocenters. The van der Waals surface area contributed by atoms with E-state index in [0.717, 1.165) is 29.9 Å². The summed E-state index contributed by atoms with van der Waals surface area (Å²) in [5.74, 6) is 0.915. The summed E-state index contributed by atoms with van der Waals surface area (Å²) in [7, 11) is 0. The monoisotopic (exact) mass is 248 g/mol. The fourth-order valence-electron chi connectivity index (χ4n) is 1.76. The molecule has 0 aliphatic heterocycles. The first-order valence-electron chi connectivity index (χ1n) is 6.77. The molecule has 0 radical (unpaired) electrons. The van der Waals surface area contributed by atoms with E-state index in [-0.39, 0.29) is 0 Å². The van der Waals surface area contributed by atoms with Crippen LogP contribution in [0.4, 0.5) is 0 Å². The largest absolute Gasteiger partial charge is 0.491 e. The number of allylic oxidation sites excluding steroid dienone is 1. The van der Waals surface area contributed by atoms with E-state index in [1.807, 2.05) is 25.1 Å². The molecule has 0 N–H and O–H groups in total. The van der Waals surface area contributed by atoms with Gasteiger partial charge in [-0.25, -0.2) is 0 Å². The van der Waals surface area contributed by atoms with Crippen LogP contribution in [0.3, 0.4) is 0 Å². The lowest BCUT2D eigenvalue weighted by Crippen LogP contribution is -2.07. The molecule has 1 rings (SSSR count). The quantitative estimate of drug-likeness (QED) is 0.606. The van der Waals surface area contributed by atoms with Crippen LogP contribution in [-0.2, 0) is 4.74 Å². The molecular formula is C16H24O2. The SMILES string of the molecule is C=C(CCCC)c1ccccc1OCCOCC. The fraction of sp³-hybridized carbons (Fsp3) is 0.500. The lowest BCUT2D eigenvalue weighted by molar-refractivity contribution is 0.110. The summed E-state index contributed by atoms with van der Waals surface area (Å²) >= 11 is 0. The molecule has 0 amide bonds. The summed E-state index contributed by atoms with van der Waals surface area (Å²) in [5, 5.41) is 0. The number of unbranched alkanes of at least 4 members (excludes halogenated alkanes) is 1. The van der Waals surface area contributed by atoms with Gasteiger partial charge in [0.1, 0.15) is 12.4 Å². The Hall–Kier alpha value is -1.28. The third-order valence-electron chi connectivity index (χ3n) is 2.79. The van der Waals surface area contributed by atoms with Gasteiger partial charge in [-0.1, -0.05) is 38.1 Å². The van der Waals surface area contributed by atoms with Crippen LogP contribution in [0.5, 0.6) is 5.75 Å². The van der Waals surface area contributed by atoms with Crippen molar-refractivity contribution in [1.82, 2.24) is 0 Å². The average Bonchev–Trinajstić information content (AvgIpc) is 2.41. The summed E-state index contributed by atoms with van der Waals surface area (Å²) in [6.07, 6.45) is 3.39. The van der Waals surface area contributed by atoms with E-state index in [2.05, 4.69) is 19.6 Å². The van der Waals surface area contributed by atoms with E-state index >= 15 is 0 Å². The Morgan fingerprint density at radius 1 is 1.17 bits per heavy atom. The number of para-hydroxylation sites is 1. The van der Waals surface area contributed by atoms with Crippen molar-refractivity contribution in [3.8, 4) is 5.75 Å². The van der Waals surface area contributed by atoms with Gasteiger partial charge in [-0.05, 0) is 31.4 Å². The first-order chi connectivity index (χ1) is 8.79. The Bertz CT molecular complexity index is 358. The molecule has 0 aliphatic carbocycles. The van der Waals surface area contributed by atoms with E-state index in [1.54, 1.807) is 0 Å². The van der Waals surface area contributed by atoms with E-state index in [0.29, 0.717) is 13.2 Å². The van der Waals surface area contributed by atoms with Gasteiger partial charge >= 0.3 is 0 Å². The van der Waals surface area contributed by atoms with Crippen LogP contribution in [0.15, 0.2) is 30.8 Å². The van der Waals surface area contributed by atoms with Gasteiger partial charge in [0.05, 0.1) is 6.61 Å². The van der Waals surface area contributed by atoms with Gasteiger partial charge in [0.15, 0.2) is 0 Å². The summed E-state index contributed by atoms with van der Waals surface area (Å²) in [4.78, 5) is 0. The second-order valence-corrected chi connectivity index (χ2v) is 4.25. The zero-order chi connectivity index (χ0) is 13.2. The van der Waals surface area contributed by atoms with Gasteiger partial charge < -0.3 is 9.47 Å². The van der Waals surface area contributed by atoms with E-state index in [1.165, 1.54) is 12.8 Å². The molecule has 0 heterocycles. The topological polar surface area (TPSA) is 18.5 Å². The number of hydrogen-bond acceptors (Lipinski definition) is 2. The summed E-state index contributed by atoms with van der Waals surface area (Å²) in [5.41, 5.74) is 2.28. The van der Waals surface area contributed by atoms with Crippen molar-refractivity contribution >= 4 is 5.57 Å². The normalized spacial score (nSPS) is 10.3. The van der Waals surface area contributed by atoms with Crippen LogP contribution < -0.4 is 4.74 Å². The molecule has 1 aromatic rings. The molecule has 18 heavy (non-hydrogen) atoms. The number of rotatable bonds is 9. The second kappa shape index (κ2) is 8.76. The first-order valence-corrected chi connectivity index (χ1v) is 6.77. The molecule has 0 saturated carbocycles. The maximum atomic E-state index is 5.75. The zero-order valence-corrected chi connectivity index (χ0v) is 11.6. The predicted octanol–water partition coefficient (Wildman–Crippen LogP) is 4.31. The Kier molecular flexibility index (Phi) is 7.19. The Balaban J connectivity index is 2.58. The van der Waals surface area contributed by atoms with Crippen LogP contribution in [0.2, 0.25) is 0 Å². The maximum Gasteiger partial charge on any atom is 0.126 e. The molecule has 0 aromatic heterocycles. The minimum absolute atomic E-state index is 0.589. The highest BCUT2D eigenvalue weighted by Crippen LogP contribution is 2.28. The number of hydrogen-bond donors (Lipinski definition) is 0. The number of ether oxygens (including phenoxy) is 2. The second-order valence-electron chi connectivity index (χ2n) is 4.25.